The zero-order valence-corrected chi connectivity index (χ0v) is 12.0. The molecule has 0 bridgehead atoms. The fraction of sp³-hybridized carbons (Fsp3) is 0.867. The van der Waals surface area contributed by atoms with E-state index in [-0.39, 0.29) is 29.4 Å². The van der Waals surface area contributed by atoms with Crippen molar-refractivity contribution in [3.63, 3.8) is 0 Å². The van der Waals surface area contributed by atoms with E-state index in [2.05, 4.69) is 13.8 Å². The predicted octanol–water partition coefficient (Wildman–Crippen LogP) is 2.77. The highest BCUT2D eigenvalue weighted by Gasteiger charge is 2.55. The van der Waals surface area contributed by atoms with E-state index >= 15 is 0 Å². The molecule has 4 nitrogen and oxygen atoms in total. The lowest BCUT2D eigenvalue weighted by Gasteiger charge is -2.39. The smallest absolute Gasteiger partial charge is 0.312 e. The minimum atomic E-state index is -0.212. The lowest BCUT2D eigenvalue weighted by Crippen LogP contribution is -2.49. The van der Waals surface area contributed by atoms with Crippen LogP contribution < -0.4 is 0 Å². The first kappa shape index (κ1) is 12.9. The highest BCUT2D eigenvalue weighted by atomic mass is 16.2. The summed E-state index contributed by atoms with van der Waals surface area (Å²) in [6.07, 6.45) is 7.58. The van der Waals surface area contributed by atoms with Crippen molar-refractivity contribution >= 4 is 11.9 Å². The molecule has 2 aliphatic heterocycles. The number of rotatable bonds is 1. The quantitative estimate of drug-likeness (QED) is 0.683. The molecule has 1 atom stereocenters. The van der Waals surface area contributed by atoms with Crippen molar-refractivity contribution in [2.75, 3.05) is 6.54 Å². The maximum atomic E-state index is 12.7. The van der Waals surface area contributed by atoms with E-state index in [0.29, 0.717) is 0 Å². The van der Waals surface area contributed by atoms with Gasteiger partial charge < -0.3 is 4.90 Å². The zero-order chi connectivity index (χ0) is 13.6. The molecule has 1 aliphatic carbocycles. The van der Waals surface area contributed by atoms with E-state index in [1.807, 2.05) is 4.90 Å². The molecule has 0 aromatic carbocycles. The second-order valence-corrected chi connectivity index (χ2v) is 6.97. The third kappa shape index (κ3) is 1.96. The van der Waals surface area contributed by atoms with Gasteiger partial charge in [0.05, 0.1) is 0 Å². The molecular weight excluding hydrogens is 240 g/mol. The fourth-order valence-electron chi connectivity index (χ4n) is 4.11. The third-order valence-electron chi connectivity index (χ3n) is 5.14. The Morgan fingerprint density at radius 3 is 2.37 bits per heavy atom. The van der Waals surface area contributed by atoms with Gasteiger partial charge in [-0.3, -0.25) is 9.69 Å². The Bertz CT molecular complexity index is 399. The van der Waals surface area contributed by atoms with Crippen LogP contribution in [0.4, 0.5) is 4.79 Å². The van der Waals surface area contributed by atoms with Crippen LogP contribution in [0.1, 0.15) is 58.8 Å². The Hall–Kier alpha value is -1.06. The molecule has 3 fully saturated rings. The number of carbonyl (C=O) groups excluding carboxylic acids is 2. The number of hydrogen-bond acceptors (Lipinski definition) is 2. The van der Waals surface area contributed by atoms with E-state index in [1.54, 1.807) is 4.90 Å². The molecule has 3 amide bonds. The van der Waals surface area contributed by atoms with Gasteiger partial charge in [-0.05, 0) is 31.1 Å². The van der Waals surface area contributed by atoms with Gasteiger partial charge in [-0.15, -0.1) is 0 Å². The molecule has 0 radical (unpaired) electrons. The zero-order valence-electron chi connectivity index (χ0n) is 12.0. The number of carbonyl (C=O) groups is 2. The lowest BCUT2D eigenvalue weighted by atomic mass is 9.76. The second-order valence-electron chi connectivity index (χ2n) is 6.97. The standard InChI is InChI=1S/C15H24N2O2/c1-15(2)9-6-10-16-12(15)13(18)17(14(16)19)11-7-4-3-5-8-11/h11-12H,3-10H2,1-2H3. The van der Waals surface area contributed by atoms with E-state index in [1.165, 1.54) is 6.42 Å². The van der Waals surface area contributed by atoms with Crippen LogP contribution in [0.15, 0.2) is 0 Å². The van der Waals surface area contributed by atoms with E-state index in [0.717, 1.165) is 45.1 Å². The van der Waals surface area contributed by atoms with Crippen molar-refractivity contribution in [2.45, 2.75) is 70.9 Å². The number of hydrogen-bond donors (Lipinski definition) is 0. The average molecular weight is 264 g/mol. The number of piperidine rings is 1. The lowest BCUT2D eigenvalue weighted by molar-refractivity contribution is -0.134. The van der Waals surface area contributed by atoms with Crippen LogP contribution in [0.2, 0.25) is 0 Å². The molecule has 4 heteroatoms. The van der Waals surface area contributed by atoms with Gasteiger partial charge in [0.2, 0.25) is 0 Å². The van der Waals surface area contributed by atoms with Gasteiger partial charge in [-0.25, -0.2) is 4.79 Å². The molecule has 3 aliphatic rings. The van der Waals surface area contributed by atoms with Crippen LogP contribution in [0, 0.1) is 5.41 Å². The van der Waals surface area contributed by atoms with Crippen LogP contribution in [0.3, 0.4) is 0 Å². The Morgan fingerprint density at radius 2 is 1.74 bits per heavy atom. The number of amides is 3. The van der Waals surface area contributed by atoms with Crippen molar-refractivity contribution in [2.24, 2.45) is 5.41 Å². The summed E-state index contributed by atoms with van der Waals surface area (Å²) >= 11 is 0. The Balaban J connectivity index is 1.87. The third-order valence-corrected chi connectivity index (χ3v) is 5.14. The van der Waals surface area contributed by atoms with E-state index in [9.17, 15) is 9.59 Å². The summed E-state index contributed by atoms with van der Waals surface area (Å²) in [6, 6.07) is -0.0690. The Kier molecular flexibility index (Phi) is 3.06. The highest BCUT2D eigenvalue weighted by Crippen LogP contribution is 2.41. The first-order chi connectivity index (χ1) is 9.02. The summed E-state index contributed by atoms with van der Waals surface area (Å²) in [5.41, 5.74) is -0.0750. The molecule has 0 N–H and O–H groups in total. The van der Waals surface area contributed by atoms with Gasteiger partial charge in [0.1, 0.15) is 6.04 Å². The maximum absolute atomic E-state index is 12.7. The van der Waals surface area contributed by atoms with E-state index in [4.69, 9.17) is 0 Å². The van der Waals surface area contributed by atoms with Crippen LogP contribution in [-0.2, 0) is 4.79 Å². The Morgan fingerprint density at radius 1 is 1.05 bits per heavy atom. The molecule has 19 heavy (non-hydrogen) atoms. The van der Waals surface area contributed by atoms with Gasteiger partial charge >= 0.3 is 6.03 Å². The SMILES string of the molecule is CC1(C)CCCN2C(=O)N(C3CCCCC3)C(=O)C21. The summed E-state index contributed by atoms with van der Waals surface area (Å²) < 4.78 is 0. The molecular formula is C15H24N2O2. The molecule has 3 rings (SSSR count). The summed E-state index contributed by atoms with van der Waals surface area (Å²) in [4.78, 5) is 28.7. The van der Waals surface area contributed by atoms with Crippen LogP contribution in [0.25, 0.3) is 0 Å². The molecule has 106 valence electrons. The summed E-state index contributed by atoms with van der Waals surface area (Å²) in [5, 5.41) is 0. The fourth-order valence-corrected chi connectivity index (χ4v) is 4.11. The summed E-state index contributed by atoms with van der Waals surface area (Å²) in [5.74, 6) is 0.0709. The first-order valence-corrected chi connectivity index (χ1v) is 7.66. The predicted molar refractivity (Wildman–Crippen MR) is 72.6 cm³/mol. The average Bonchev–Trinajstić information content (AvgIpc) is 2.63. The highest BCUT2D eigenvalue weighted by molar-refractivity contribution is 6.05. The number of urea groups is 1. The van der Waals surface area contributed by atoms with E-state index < -0.39 is 0 Å². The number of fused-ring (bicyclic) bond motifs is 1. The molecule has 2 heterocycles. The van der Waals surface area contributed by atoms with Crippen LogP contribution in [0.5, 0.6) is 0 Å². The maximum Gasteiger partial charge on any atom is 0.327 e. The normalized spacial score (nSPS) is 31.8. The second kappa shape index (κ2) is 4.50. The van der Waals surface area contributed by atoms with Gasteiger partial charge in [0.15, 0.2) is 0 Å². The first-order valence-electron chi connectivity index (χ1n) is 7.66. The molecule has 0 aromatic heterocycles. The molecule has 2 saturated heterocycles. The van der Waals surface area contributed by atoms with Crippen LogP contribution >= 0.6 is 0 Å². The largest absolute Gasteiger partial charge is 0.327 e. The number of nitrogens with zero attached hydrogens (tertiary/aromatic N) is 2. The minimum absolute atomic E-state index is 0.0188. The van der Waals surface area contributed by atoms with Gasteiger partial charge in [0.25, 0.3) is 5.91 Å². The monoisotopic (exact) mass is 264 g/mol. The molecule has 1 unspecified atom stereocenters. The van der Waals surface area contributed by atoms with Crippen molar-refractivity contribution < 1.29 is 9.59 Å². The summed E-state index contributed by atoms with van der Waals surface area (Å²) in [7, 11) is 0. The van der Waals surface area contributed by atoms with Crippen LogP contribution in [-0.4, -0.2) is 40.4 Å². The minimum Gasteiger partial charge on any atom is -0.312 e. The number of imide groups is 1. The van der Waals surface area contributed by atoms with Gasteiger partial charge in [-0.1, -0.05) is 33.1 Å². The van der Waals surface area contributed by atoms with Crippen molar-refractivity contribution in [1.29, 1.82) is 0 Å². The molecule has 1 saturated carbocycles. The molecule has 0 aromatic rings. The molecule has 0 spiro atoms. The summed E-state index contributed by atoms with van der Waals surface area (Å²) in [6.45, 7) is 5.00. The van der Waals surface area contributed by atoms with Crippen molar-refractivity contribution in [1.82, 2.24) is 9.80 Å². The van der Waals surface area contributed by atoms with Crippen molar-refractivity contribution in [3.8, 4) is 0 Å². The topological polar surface area (TPSA) is 40.6 Å². The van der Waals surface area contributed by atoms with Crippen molar-refractivity contribution in [3.05, 3.63) is 0 Å². The Labute approximate surface area is 115 Å². The van der Waals surface area contributed by atoms with Gasteiger partial charge in [-0.2, -0.15) is 0 Å². The van der Waals surface area contributed by atoms with Gasteiger partial charge in [0, 0.05) is 12.6 Å².